The minimum absolute atomic E-state index is 0.297. The summed E-state index contributed by atoms with van der Waals surface area (Å²) in [6, 6.07) is 7.52. The molecule has 1 rings (SSSR count). The van der Waals surface area contributed by atoms with Crippen molar-refractivity contribution in [1.82, 2.24) is 16.2 Å². The Bertz CT molecular complexity index is 437. The number of ether oxygens (including phenoxy) is 1. The van der Waals surface area contributed by atoms with Crippen molar-refractivity contribution in [1.29, 1.82) is 0 Å². The summed E-state index contributed by atoms with van der Waals surface area (Å²) in [6.45, 7) is 3.63. The number of thiocarbonyl (C=S) groups is 1. The fourth-order valence-electron chi connectivity index (χ4n) is 1.23. The van der Waals surface area contributed by atoms with E-state index in [1.807, 2.05) is 31.2 Å². The zero-order valence-electron chi connectivity index (χ0n) is 10.6. The average molecular weight is 267 g/mol. The van der Waals surface area contributed by atoms with Crippen LogP contribution in [0.1, 0.15) is 12.5 Å². The van der Waals surface area contributed by atoms with Gasteiger partial charge in [0.1, 0.15) is 5.75 Å². The quantitative estimate of drug-likeness (QED) is 0.561. The lowest BCUT2D eigenvalue weighted by molar-refractivity contribution is -0.127. The normalized spacial score (nSPS) is 11.3. The Labute approximate surface area is 112 Å². The van der Waals surface area contributed by atoms with Crippen LogP contribution in [0.2, 0.25) is 0 Å². The molecule has 6 heteroatoms. The van der Waals surface area contributed by atoms with Gasteiger partial charge >= 0.3 is 0 Å². The number of benzene rings is 1. The number of amides is 1. The second-order valence-corrected chi connectivity index (χ2v) is 4.18. The Morgan fingerprint density at radius 3 is 2.72 bits per heavy atom. The van der Waals surface area contributed by atoms with E-state index in [4.69, 9.17) is 17.0 Å². The van der Waals surface area contributed by atoms with Gasteiger partial charge in [-0.05, 0) is 43.8 Å². The third-order valence-electron chi connectivity index (χ3n) is 2.20. The maximum atomic E-state index is 11.7. The molecule has 1 unspecified atom stereocenters. The van der Waals surface area contributed by atoms with Gasteiger partial charge in [-0.1, -0.05) is 12.1 Å². The minimum Gasteiger partial charge on any atom is -0.481 e. The monoisotopic (exact) mass is 267 g/mol. The molecule has 0 saturated carbocycles. The van der Waals surface area contributed by atoms with Gasteiger partial charge in [-0.2, -0.15) is 0 Å². The van der Waals surface area contributed by atoms with E-state index in [0.717, 1.165) is 5.56 Å². The molecule has 0 fully saturated rings. The van der Waals surface area contributed by atoms with Gasteiger partial charge in [0.2, 0.25) is 0 Å². The van der Waals surface area contributed by atoms with Gasteiger partial charge in [0, 0.05) is 7.05 Å². The van der Waals surface area contributed by atoms with E-state index in [1.54, 1.807) is 14.0 Å². The lowest BCUT2D eigenvalue weighted by Gasteiger charge is -2.16. The van der Waals surface area contributed by atoms with E-state index in [2.05, 4.69) is 16.2 Å². The third-order valence-corrected chi connectivity index (χ3v) is 2.50. The van der Waals surface area contributed by atoms with Crippen LogP contribution < -0.4 is 20.9 Å². The Kier molecular flexibility index (Phi) is 5.38. The Morgan fingerprint density at radius 2 is 2.11 bits per heavy atom. The second kappa shape index (κ2) is 6.80. The Morgan fingerprint density at radius 1 is 1.39 bits per heavy atom. The first-order chi connectivity index (χ1) is 8.52. The van der Waals surface area contributed by atoms with Crippen LogP contribution in [-0.2, 0) is 4.79 Å². The predicted molar refractivity (Wildman–Crippen MR) is 74.2 cm³/mol. The predicted octanol–water partition coefficient (Wildman–Crippen LogP) is 0.887. The molecule has 0 saturated heterocycles. The van der Waals surface area contributed by atoms with Crippen LogP contribution >= 0.6 is 12.2 Å². The summed E-state index contributed by atoms with van der Waals surface area (Å²) < 4.78 is 5.51. The summed E-state index contributed by atoms with van der Waals surface area (Å²) in [5.74, 6) is 0.364. The van der Waals surface area contributed by atoms with Crippen LogP contribution in [-0.4, -0.2) is 24.2 Å². The molecule has 98 valence electrons. The van der Waals surface area contributed by atoms with Crippen molar-refractivity contribution in [2.75, 3.05) is 7.05 Å². The largest absolute Gasteiger partial charge is 0.481 e. The van der Waals surface area contributed by atoms with Crippen molar-refractivity contribution < 1.29 is 9.53 Å². The first-order valence-corrected chi connectivity index (χ1v) is 5.94. The first kappa shape index (κ1) is 14.2. The van der Waals surface area contributed by atoms with E-state index in [0.29, 0.717) is 10.9 Å². The number of carbonyl (C=O) groups is 1. The molecule has 1 aromatic carbocycles. The number of hydrazine groups is 1. The molecule has 1 aromatic rings. The zero-order valence-corrected chi connectivity index (χ0v) is 11.4. The summed E-state index contributed by atoms with van der Waals surface area (Å²) in [5, 5.41) is 3.02. The molecule has 1 atom stereocenters. The highest BCUT2D eigenvalue weighted by atomic mass is 32.1. The zero-order chi connectivity index (χ0) is 13.5. The standard InChI is InChI=1S/C12H17N3O2S/c1-8-5-4-6-10(7-8)17-9(2)11(16)14-15-12(18)13-3/h4-7,9H,1-3H3,(H,14,16)(H2,13,15,18). The van der Waals surface area contributed by atoms with Gasteiger partial charge in [-0.3, -0.25) is 15.6 Å². The van der Waals surface area contributed by atoms with Gasteiger partial charge in [-0.15, -0.1) is 0 Å². The molecule has 0 bridgehead atoms. The summed E-state index contributed by atoms with van der Waals surface area (Å²) >= 11 is 4.83. The highest BCUT2D eigenvalue weighted by molar-refractivity contribution is 7.80. The van der Waals surface area contributed by atoms with Crippen molar-refractivity contribution in [3.63, 3.8) is 0 Å². The SMILES string of the molecule is CNC(=S)NNC(=O)C(C)Oc1cccc(C)c1. The molecule has 5 nitrogen and oxygen atoms in total. The average Bonchev–Trinajstić information content (AvgIpc) is 2.35. The van der Waals surface area contributed by atoms with Crippen molar-refractivity contribution in [3.8, 4) is 5.75 Å². The second-order valence-electron chi connectivity index (χ2n) is 3.77. The summed E-state index contributed by atoms with van der Waals surface area (Å²) in [6.07, 6.45) is -0.612. The maximum absolute atomic E-state index is 11.7. The van der Waals surface area contributed by atoms with Gasteiger partial charge in [0.15, 0.2) is 11.2 Å². The van der Waals surface area contributed by atoms with Crippen molar-refractivity contribution in [2.24, 2.45) is 0 Å². The van der Waals surface area contributed by atoms with Gasteiger partial charge in [0.05, 0.1) is 0 Å². The lowest BCUT2D eigenvalue weighted by Crippen LogP contribution is -2.49. The van der Waals surface area contributed by atoms with Crippen LogP contribution in [0.15, 0.2) is 24.3 Å². The molecule has 0 radical (unpaired) electrons. The van der Waals surface area contributed by atoms with Crippen LogP contribution in [0.3, 0.4) is 0 Å². The number of hydrogen-bond acceptors (Lipinski definition) is 3. The van der Waals surface area contributed by atoms with Crippen molar-refractivity contribution in [3.05, 3.63) is 29.8 Å². The molecule has 3 N–H and O–H groups in total. The Hall–Kier alpha value is -1.82. The van der Waals surface area contributed by atoms with Crippen molar-refractivity contribution in [2.45, 2.75) is 20.0 Å². The molecule has 0 aliphatic heterocycles. The van der Waals surface area contributed by atoms with Crippen LogP contribution in [0.25, 0.3) is 0 Å². The summed E-state index contributed by atoms with van der Waals surface area (Å²) in [7, 11) is 1.66. The molecular formula is C12H17N3O2S. The third kappa shape index (κ3) is 4.58. The molecule has 0 aromatic heterocycles. The minimum atomic E-state index is -0.612. The number of aryl methyl sites for hydroxylation is 1. The lowest BCUT2D eigenvalue weighted by atomic mass is 10.2. The fourth-order valence-corrected chi connectivity index (χ4v) is 1.28. The van der Waals surface area contributed by atoms with Crippen LogP contribution in [0.5, 0.6) is 5.75 Å². The number of rotatable bonds is 3. The molecule has 0 aliphatic rings. The maximum Gasteiger partial charge on any atom is 0.279 e. The van der Waals surface area contributed by atoms with E-state index in [-0.39, 0.29) is 5.91 Å². The van der Waals surface area contributed by atoms with Crippen LogP contribution in [0.4, 0.5) is 0 Å². The summed E-state index contributed by atoms with van der Waals surface area (Å²) in [5.41, 5.74) is 6.08. The summed E-state index contributed by atoms with van der Waals surface area (Å²) in [4.78, 5) is 11.7. The van der Waals surface area contributed by atoms with E-state index in [9.17, 15) is 4.79 Å². The number of hydrogen-bond donors (Lipinski definition) is 3. The molecular weight excluding hydrogens is 250 g/mol. The van der Waals surface area contributed by atoms with E-state index < -0.39 is 6.10 Å². The number of nitrogens with one attached hydrogen (secondary N) is 3. The smallest absolute Gasteiger partial charge is 0.279 e. The first-order valence-electron chi connectivity index (χ1n) is 5.54. The van der Waals surface area contributed by atoms with Gasteiger partial charge < -0.3 is 10.1 Å². The number of carbonyl (C=O) groups excluding carboxylic acids is 1. The van der Waals surface area contributed by atoms with Gasteiger partial charge in [-0.25, -0.2) is 0 Å². The topological polar surface area (TPSA) is 62.4 Å². The van der Waals surface area contributed by atoms with E-state index in [1.165, 1.54) is 0 Å². The van der Waals surface area contributed by atoms with E-state index >= 15 is 0 Å². The Balaban J connectivity index is 2.47. The van der Waals surface area contributed by atoms with Crippen molar-refractivity contribution >= 4 is 23.2 Å². The van der Waals surface area contributed by atoms with Gasteiger partial charge in [0.25, 0.3) is 5.91 Å². The molecule has 0 aliphatic carbocycles. The van der Waals surface area contributed by atoms with Crippen LogP contribution in [0, 0.1) is 6.92 Å². The highest BCUT2D eigenvalue weighted by Gasteiger charge is 2.14. The molecule has 18 heavy (non-hydrogen) atoms. The molecule has 1 amide bonds. The highest BCUT2D eigenvalue weighted by Crippen LogP contribution is 2.13. The molecule has 0 spiro atoms. The molecule has 0 heterocycles. The fraction of sp³-hybridized carbons (Fsp3) is 0.333.